The van der Waals surface area contributed by atoms with Gasteiger partial charge in [-0.15, -0.1) is 0 Å². The van der Waals surface area contributed by atoms with Gasteiger partial charge in [0.05, 0.1) is 12.5 Å². The molecule has 0 aromatic carbocycles. The van der Waals surface area contributed by atoms with Gasteiger partial charge >= 0.3 is 12.2 Å². The number of carbonyl (C=O) groups excluding carboxylic acids is 3. The molecule has 0 radical (unpaired) electrons. The SMILES string of the molecule is C[C@H]1[C@@H](CC(=O)N(CCCCNC(=O)OC(C)(C)C)CCCNC(=O)OC(C)(C)C)O[C@@H]2O[C@@]3(C)CC[C@H]4[C@H](C)CC[C@@H]1[C@@]24OO3. The summed E-state index contributed by atoms with van der Waals surface area (Å²) in [5.41, 5.74) is -1.81. The maximum atomic E-state index is 13.9. The van der Waals surface area contributed by atoms with Gasteiger partial charge in [-0.25, -0.2) is 19.4 Å². The summed E-state index contributed by atoms with van der Waals surface area (Å²) >= 11 is 0. The zero-order valence-corrected chi connectivity index (χ0v) is 29.6. The van der Waals surface area contributed by atoms with Crippen LogP contribution in [-0.4, -0.2) is 84.2 Å². The normalized spacial score (nSPS) is 33.8. The van der Waals surface area contributed by atoms with E-state index in [0.29, 0.717) is 51.4 Å². The average Bonchev–Trinajstić information content (AvgIpc) is 3.16. The van der Waals surface area contributed by atoms with E-state index in [0.717, 1.165) is 25.7 Å². The van der Waals surface area contributed by atoms with E-state index in [1.807, 2.05) is 53.4 Å². The van der Waals surface area contributed by atoms with E-state index in [9.17, 15) is 14.4 Å². The van der Waals surface area contributed by atoms with Crippen molar-refractivity contribution in [3.05, 3.63) is 0 Å². The zero-order chi connectivity index (χ0) is 33.9. The van der Waals surface area contributed by atoms with Gasteiger partial charge < -0.3 is 34.5 Å². The molecule has 1 spiro atoms. The number of hydrogen-bond donors (Lipinski definition) is 2. The summed E-state index contributed by atoms with van der Waals surface area (Å²) in [6.45, 7) is 19.1. The molecule has 4 saturated heterocycles. The van der Waals surface area contributed by atoms with Crippen LogP contribution >= 0.6 is 0 Å². The van der Waals surface area contributed by atoms with Crippen molar-refractivity contribution in [2.75, 3.05) is 26.2 Å². The molecule has 1 aliphatic carbocycles. The Hall–Kier alpha value is -2.15. The molecule has 0 aromatic rings. The van der Waals surface area contributed by atoms with E-state index in [4.69, 9.17) is 28.7 Å². The minimum Gasteiger partial charge on any atom is -0.444 e. The van der Waals surface area contributed by atoms with Crippen molar-refractivity contribution in [1.82, 2.24) is 15.5 Å². The van der Waals surface area contributed by atoms with E-state index in [1.54, 1.807) is 0 Å². The van der Waals surface area contributed by atoms with E-state index >= 15 is 0 Å². The Morgan fingerprint density at radius 3 is 2.07 bits per heavy atom. The molecule has 0 aromatic heterocycles. The summed E-state index contributed by atoms with van der Waals surface area (Å²) < 4.78 is 23.8. The number of hydrogen-bond acceptors (Lipinski definition) is 9. The summed E-state index contributed by atoms with van der Waals surface area (Å²) in [6.07, 6.45) is 4.09. The molecule has 2 bridgehead atoms. The first-order valence-corrected chi connectivity index (χ1v) is 17.3. The van der Waals surface area contributed by atoms with Gasteiger partial charge in [-0.05, 0) is 105 Å². The summed E-state index contributed by atoms with van der Waals surface area (Å²) in [5, 5.41) is 5.57. The highest BCUT2D eigenvalue weighted by Gasteiger charge is 2.69. The summed E-state index contributed by atoms with van der Waals surface area (Å²) in [6, 6.07) is 0. The van der Waals surface area contributed by atoms with Gasteiger partial charge in [-0.1, -0.05) is 13.8 Å². The number of nitrogens with zero attached hydrogens (tertiary/aromatic N) is 1. The van der Waals surface area contributed by atoms with Crippen LogP contribution in [0.2, 0.25) is 0 Å². The van der Waals surface area contributed by atoms with Crippen molar-refractivity contribution in [2.24, 2.45) is 23.7 Å². The molecule has 4 heterocycles. The summed E-state index contributed by atoms with van der Waals surface area (Å²) in [5.74, 6) is 0.0792. The number of fused-ring (bicyclic) bond motifs is 2. The van der Waals surface area contributed by atoms with Crippen molar-refractivity contribution in [2.45, 2.75) is 149 Å². The van der Waals surface area contributed by atoms with Crippen LogP contribution in [-0.2, 0) is 33.5 Å². The van der Waals surface area contributed by atoms with E-state index in [2.05, 4.69) is 24.5 Å². The summed E-state index contributed by atoms with van der Waals surface area (Å²) in [7, 11) is 0. The van der Waals surface area contributed by atoms with E-state index < -0.39 is 41.1 Å². The molecule has 264 valence electrons. The van der Waals surface area contributed by atoms with Gasteiger partial charge in [0.15, 0.2) is 11.9 Å². The maximum absolute atomic E-state index is 13.9. The van der Waals surface area contributed by atoms with Crippen LogP contribution in [0.4, 0.5) is 9.59 Å². The lowest BCUT2D eigenvalue weighted by Crippen LogP contribution is -2.70. The quantitative estimate of drug-likeness (QED) is 0.214. The van der Waals surface area contributed by atoms with Gasteiger partial charge in [0.1, 0.15) is 11.2 Å². The fourth-order valence-corrected chi connectivity index (χ4v) is 7.58. The van der Waals surface area contributed by atoms with Crippen molar-refractivity contribution >= 4 is 18.1 Å². The molecule has 46 heavy (non-hydrogen) atoms. The van der Waals surface area contributed by atoms with Crippen LogP contribution in [0.5, 0.6) is 0 Å². The van der Waals surface area contributed by atoms with Crippen molar-refractivity contribution in [3.8, 4) is 0 Å². The van der Waals surface area contributed by atoms with E-state index in [1.165, 1.54) is 0 Å². The number of nitrogens with one attached hydrogen (secondary N) is 2. The topological polar surface area (TPSA) is 134 Å². The Kier molecular flexibility index (Phi) is 11.6. The van der Waals surface area contributed by atoms with Crippen LogP contribution in [0.15, 0.2) is 0 Å². The zero-order valence-electron chi connectivity index (χ0n) is 29.6. The predicted molar refractivity (Wildman–Crippen MR) is 170 cm³/mol. The molecule has 5 rings (SSSR count). The number of ether oxygens (including phenoxy) is 4. The predicted octanol–water partition coefficient (Wildman–Crippen LogP) is 5.68. The first-order chi connectivity index (χ1) is 21.4. The number of amides is 3. The lowest BCUT2D eigenvalue weighted by atomic mass is 9.57. The fraction of sp³-hybridized carbons (Fsp3) is 0.912. The summed E-state index contributed by atoms with van der Waals surface area (Å²) in [4.78, 5) is 52.1. The van der Waals surface area contributed by atoms with E-state index in [-0.39, 0.29) is 36.2 Å². The minimum absolute atomic E-state index is 0.00643. The highest BCUT2D eigenvalue weighted by atomic mass is 17.3. The minimum atomic E-state index is -0.868. The molecule has 5 aliphatic rings. The Bertz CT molecular complexity index is 1080. The highest BCUT2D eigenvalue weighted by molar-refractivity contribution is 5.76. The molecule has 12 heteroatoms. The Morgan fingerprint density at radius 1 is 0.826 bits per heavy atom. The molecule has 5 fully saturated rings. The molecule has 4 aliphatic heterocycles. The van der Waals surface area contributed by atoms with Crippen molar-refractivity contribution in [1.29, 1.82) is 0 Å². The Balaban J connectivity index is 1.38. The molecule has 2 N–H and O–H groups in total. The average molecular weight is 654 g/mol. The van der Waals surface area contributed by atoms with Crippen LogP contribution < -0.4 is 10.6 Å². The lowest BCUT2D eigenvalue weighted by Gasteiger charge is -2.60. The standard InChI is InChI=1S/C34H59N3O9/c1-22-13-14-25-23(2)26(41-28-34(25)24(22)15-16-33(9,42-28)45-46-34)21-27(38)37(20-12-18-36-30(40)44-32(6,7)8)19-11-10-17-35-29(39)43-31(3,4)5/h22-26,28H,10-21H2,1-9H3,(H,35,39)(H,36,40)/t22-,23-,24+,25+,26-,28-,33-,34-/m1/s1. The van der Waals surface area contributed by atoms with Gasteiger partial charge in [-0.3, -0.25) is 4.79 Å². The van der Waals surface area contributed by atoms with Gasteiger partial charge in [0.2, 0.25) is 11.7 Å². The van der Waals surface area contributed by atoms with Crippen LogP contribution in [0.1, 0.15) is 114 Å². The van der Waals surface area contributed by atoms with Crippen LogP contribution in [0.3, 0.4) is 0 Å². The molecule has 1 saturated carbocycles. The van der Waals surface area contributed by atoms with Gasteiger partial charge in [0, 0.05) is 38.5 Å². The molecule has 0 unspecified atom stereocenters. The largest absolute Gasteiger partial charge is 0.444 e. The second-order valence-corrected chi connectivity index (χ2v) is 15.9. The Labute approximate surface area is 275 Å². The number of carbonyl (C=O) groups is 3. The van der Waals surface area contributed by atoms with Gasteiger partial charge in [-0.2, -0.15) is 0 Å². The van der Waals surface area contributed by atoms with Crippen molar-refractivity contribution in [3.63, 3.8) is 0 Å². The maximum Gasteiger partial charge on any atom is 0.407 e. The highest BCUT2D eigenvalue weighted by Crippen LogP contribution is 2.60. The third-order valence-corrected chi connectivity index (χ3v) is 9.82. The third kappa shape index (κ3) is 9.05. The molecular formula is C34H59N3O9. The molecular weight excluding hydrogens is 594 g/mol. The van der Waals surface area contributed by atoms with Crippen molar-refractivity contribution < 1.29 is 43.1 Å². The lowest BCUT2D eigenvalue weighted by molar-refractivity contribution is -0.570. The fourth-order valence-electron chi connectivity index (χ4n) is 7.58. The van der Waals surface area contributed by atoms with Gasteiger partial charge in [0.25, 0.3) is 0 Å². The molecule has 3 amide bonds. The van der Waals surface area contributed by atoms with Crippen LogP contribution in [0.25, 0.3) is 0 Å². The first kappa shape index (κ1) is 36.7. The molecule has 12 nitrogen and oxygen atoms in total. The second-order valence-electron chi connectivity index (χ2n) is 15.9. The smallest absolute Gasteiger partial charge is 0.407 e. The molecule has 8 atom stereocenters. The van der Waals surface area contributed by atoms with Crippen LogP contribution in [0, 0.1) is 23.7 Å². The first-order valence-electron chi connectivity index (χ1n) is 17.3. The third-order valence-electron chi connectivity index (χ3n) is 9.82. The second kappa shape index (κ2) is 14.5. The Morgan fingerprint density at radius 2 is 1.43 bits per heavy atom. The number of unbranched alkanes of at least 4 members (excludes halogenated alkanes) is 1. The number of alkyl carbamates (subject to hydrolysis) is 2. The monoisotopic (exact) mass is 653 g/mol. The number of rotatable bonds is 11.